The van der Waals surface area contributed by atoms with Gasteiger partial charge in [0.15, 0.2) is 0 Å². The number of nitrogens with one attached hydrogen (secondary N) is 1. The second-order valence-electron chi connectivity index (χ2n) is 4.51. The van der Waals surface area contributed by atoms with Gasteiger partial charge in [-0.2, -0.15) is 0 Å². The van der Waals surface area contributed by atoms with E-state index in [-0.39, 0.29) is 17.1 Å². The summed E-state index contributed by atoms with van der Waals surface area (Å²) in [5, 5.41) is -0.0707. The van der Waals surface area contributed by atoms with Gasteiger partial charge in [-0.25, -0.2) is 13.8 Å². The van der Waals surface area contributed by atoms with Crippen LogP contribution >= 0.6 is 11.6 Å². The summed E-state index contributed by atoms with van der Waals surface area (Å²) in [5.74, 6) is -0.545. The molecule has 0 saturated heterocycles. The lowest BCUT2D eigenvalue weighted by Gasteiger charge is -2.16. The van der Waals surface area contributed by atoms with E-state index in [1.165, 1.54) is 12.1 Å². The Bertz CT molecular complexity index is 583. The molecule has 19 heavy (non-hydrogen) atoms. The maximum atomic E-state index is 13.7. The molecule has 0 radical (unpaired) electrons. The summed E-state index contributed by atoms with van der Waals surface area (Å²) >= 11 is 5.65. The van der Waals surface area contributed by atoms with Gasteiger partial charge in [0, 0.05) is 24.0 Å². The molecule has 0 atom stereocenters. The zero-order valence-corrected chi connectivity index (χ0v) is 11.4. The van der Waals surface area contributed by atoms with Crippen LogP contribution in [0.5, 0.6) is 0 Å². The van der Waals surface area contributed by atoms with Crippen molar-refractivity contribution in [3.05, 3.63) is 52.1 Å². The minimum atomic E-state index is -0.704. The van der Waals surface area contributed by atoms with Gasteiger partial charge in [-0.15, -0.1) is 0 Å². The molecule has 0 bridgehead atoms. The Labute approximate surface area is 115 Å². The maximum Gasteiger partial charge on any atom is 0.149 e. The van der Waals surface area contributed by atoms with Crippen LogP contribution in [-0.2, 0) is 13.1 Å². The lowest BCUT2D eigenvalue weighted by molar-refractivity contribution is 0.300. The first-order chi connectivity index (χ1) is 8.97. The molecule has 0 saturated carbocycles. The fourth-order valence-corrected chi connectivity index (χ4v) is 2.02. The van der Waals surface area contributed by atoms with Gasteiger partial charge in [-0.3, -0.25) is 4.90 Å². The van der Waals surface area contributed by atoms with Crippen LogP contribution in [0.1, 0.15) is 17.1 Å². The van der Waals surface area contributed by atoms with E-state index in [0.717, 1.165) is 11.5 Å². The first kappa shape index (κ1) is 14.0. The van der Waals surface area contributed by atoms with Crippen molar-refractivity contribution in [1.82, 2.24) is 14.9 Å². The Hall–Kier alpha value is -1.46. The molecular weight excluding hydrogens is 272 g/mol. The normalized spacial score (nSPS) is 11.3. The minimum Gasteiger partial charge on any atom is -0.345 e. The van der Waals surface area contributed by atoms with Crippen molar-refractivity contribution < 1.29 is 8.78 Å². The zero-order chi connectivity index (χ0) is 14.0. The molecule has 0 amide bonds. The van der Waals surface area contributed by atoms with Gasteiger partial charge < -0.3 is 4.98 Å². The minimum absolute atomic E-state index is 0.0294. The van der Waals surface area contributed by atoms with Crippen LogP contribution in [0.2, 0.25) is 5.02 Å². The smallest absolute Gasteiger partial charge is 0.149 e. The highest BCUT2D eigenvalue weighted by Gasteiger charge is 2.15. The SMILES string of the molecule is Cc1cnc(CN(C)Cc2c(F)ccc(Cl)c2F)[nH]1. The van der Waals surface area contributed by atoms with E-state index in [0.29, 0.717) is 6.54 Å². The van der Waals surface area contributed by atoms with Crippen LogP contribution in [0.4, 0.5) is 8.78 Å². The third kappa shape index (κ3) is 3.30. The predicted molar refractivity (Wildman–Crippen MR) is 69.9 cm³/mol. The number of aryl methyl sites for hydroxylation is 1. The fourth-order valence-electron chi connectivity index (χ4n) is 1.84. The summed E-state index contributed by atoms with van der Waals surface area (Å²) in [5.41, 5.74) is 0.918. The number of nitrogens with zero attached hydrogens (tertiary/aromatic N) is 2. The summed E-state index contributed by atoms with van der Waals surface area (Å²) in [7, 11) is 1.76. The van der Waals surface area contributed by atoms with Crippen molar-refractivity contribution in [2.24, 2.45) is 0 Å². The summed E-state index contributed by atoms with van der Waals surface area (Å²) in [6, 6.07) is 2.39. The van der Waals surface area contributed by atoms with Gasteiger partial charge in [0.05, 0.1) is 11.6 Å². The van der Waals surface area contributed by atoms with Crippen molar-refractivity contribution in [2.75, 3.05) is 7.05 Å². The van der Waals surface area contributed by atoms with Crippen LogP contribution in [0.3, 0.4) is 0 Å². The number of aromatic nitrogens is 2. The van der Waals surface area contributed by atoms with Crippen LogP contribution in [0.25, 0.3) is 0 Å². The van der Waals surface area contributed by atoms with Gasteiger partial charge in [0.25, 0.3) is 0 Å². The quantitative estimate of drug-likeness (QED) is 0.874. The van der Waals surface area contributed by atoms with Gasteiger partial charge in [0.1, 0.15) is 17.5 Å². The molecule has 2 aromatic rings. The summed E-state index contributed by atoms with van der Waals surface area (Å²) in [6.07, 6.45) is 1.71. The molecule has 2 rings (SSSR count). The molecule has 3 nitrogen and oxygen atoms in total. The summed E-state index contributed by atoms with van der Waals surface area (Å²) < 4.78 is 27.3. The van der Waals surface area contributed by atoms with Gasteiger partial charge >= 0.3 is 0 Å². The molecule has 1 heterocycles. The number of halogens is 3. The molecule has 0 fully saturated rings. The summed E-state index contributed by atoms with van der Waals surface area (Å²) in [6.45, 7) is 2.49. The zero-order valence-electron chi connectivity index (χ0n) is 10.7. The van der Waals surface area contributed by atoms with E-state index in [9.17, 15) is 8.78 Å². The Morgan fingerprint density at radius 3 is 2.68 bits per heavy atom. The lowest BCUT2D eigenvalue weighted by atomic mass is 10.2. The number of aromatic amines is 1. The van der Waals surface area contributed by atoms with E-state index in [2.05, 4.69) is 9.97 Å². The molecule has 1 aromatic carbocycles. The van der Waals surface area contributed by atoms with Crippen LogP contribution in [0, 0.1) is 18.6 Å². The van der Waals surface area contributed by atoms with Gasteiger partial charge in [-0.05, 0) is 26.1 Å². The Balaban J connectivity index is 2.11. The van der Waals surface area contributed by atoms with Gasteiger partial charge in [0.2, 0.25) is 0 Å². The molecule has 0 unspecified atom stereocenters. The van der Waals surface area contributed by atoms with E-state index in [1.54, 1.807) is 18.1 Å². The Morgan fingerprint density at radius 1 is 1.32 bits per heavy atom. The average Bonchev–Trinajstić information content (AvgIpc) is 2.75. The van der Waals surface area contributed by atoms with E-state index < -0.39 is 11.6 Å². The molecule has 1 N–H and O–H groups in total. The highest BCUT2D eigenvalue weighted by atomic mass is 35.5. The van der Waals surface area contributed by atoms with Crippen LogP contribution in [0.15, 0.2) is 18.3 Å². The Morgan fingerprint density at radius 2 is 2.05 bits per heavy atom. The number of hydrogen-bond donors (Lipinski definition) is 1. The first-order valence-corrected chi connectivity index (χ1v) is 6.16. The largest absolute Gasteiger partial charge is 0.345 e. The maximum absolute atomic E-state index is 13.7. The topological polar surface area (TPSA) is 31.9 Å². The van der Waals surface area contributed by atoms with E-state index in [4.69, 9.17) is 11.6 Å². The molecular formula is C13H14ClF2N3. The average molecular weight is 286 g/mol. The molecule has 6 heteroatoms. The van der Waals surface area contributed by atoms with Crippen molar-refractivity contribution in [3.8, 4) is 0 Å². The second kappa shape index (κ2) is 5.67. The van der Waals surface area contributed by atoms with Gasteiger partial charge in [-0.1, -0.05) is 11.6 Å². The number of benzene rings is 1. The van der Waals surface area contributed by atoms with Crippen molar-refractivity contribution in [2.45, 2.75) is 20.0 Å². The lowest BCUT2D eigenvalue weighted by Crippen LogP contribution is -2.19. The summed E-state index contributed by atoms with van der Waals surface area (Å²) in [4.78, 5) is 8.98. The molecule has 0 spiro atoms. The standard InChI is InChI=1S/C13H14ClF2N3/c1-8-5-17-12(18-8)7-19(2)6-9-11(15)4-3-10(14)13(9)16/h3-5H,6-7H2,1-2H3,(H,17,18). The van der Waals surface area contributed by atoms with E-state index >= 15 is 0 Å². The number of H-pyrrole nitrogens is 1. The Kier molecular flexibility index (Phi) is 4.17. The highest BCUT2D eigenvalue weighted by molar-refractivity contribution is 6.30. The monoisotopic (exact) mass is 285 g/mol. The van der Waals surface area contributed by atoms with Crippen LogP contribution in [-0.4, -0.2) is 21.9 Å². The second-order valence-corrected chi connectivity index (χ2v) is 4.91. The van der Waals surface area contributed by atoms with Crippen molar-refractivity contribution in [1.29, 1.82) is 0 Å². The molecule has 0 aliphatic heterocycles. The molecule has 0 aliphatic rings. The van der Waals surface area contributed by atoms with E-state index in [1.807, 2.05) is 6.92 Å². The van der Waals surface area contributed by atoms with Crippen LogP contribution < -0.4 is 0 Å². The third-order valence-corrected chi connectivity index (χ3v) is 3.03. The van der Waals surface area contributed by atoms with Crippen molar-refractivity contribution >= 4 is 11.6 Å². The number of rotatable bonds is 4. The number of imidazole rings is 1. The van der Waals surface area contributed by atoms with Crippen molar-refractivity contribution in [3.63, 3.8) is 0 Å². The molecule has 102 valence electrons. The predicted octanol–water partition coefficient (Wildman–Crippen LogP) is 3.28. The fraction of sp³-hybridized carbons (Fsp3) is 0.308. The molecule has 1 aromatic heterocycles. The first-order valence-electron chi connectivity index (χ1n) is 5.78. The third-order valence-electron chi connectivity index (χ3n) is 2.74. The number of hydrogen-bond acceptors (Lipinski definition) is 2. The highest BCUT2D eigenvalue weighted by Crippen LogP contribution is 2.22. The molecule has 0 aliphatic carbocycles.